The van der Waals surface area contributed by atoms with Gasteiger partial charge < -0.3 is 25.4 Å². The summed E-state index contributed by atoms with van der Waals surface area (Å²) in [5.74, 6) is -0.855. The molecule has 1 aromatic rings. The van der Waals surface area contributed by atoms with Crippen LogP contribution in [0.25, 0.3) is 0 Å². The van der Waals surface area contributed by atoms with Crippen molar-refractivity contribution in [2.75, 3.05) is 19.7 Å². The van der Waals surface area contributed by atoms with Gasteiger partial charge in [0.05, 0.1) is 6.61 Å². The van der Waals surface area contributed by atoms with Crippen LogP contribution in [-0.2, 0) is 20.7 Å². The van der Waals surface area contributed by atoms with Crippen molar-refractivity contribution >= 4 is 17.9 Å². The van der Waals surface area contributed by atoms with Gasteiger partial charge in [0.15, 0.2) is 0 Å². The average molecular weight is 422 g/mol. The molecule has 1 aromatic carbocycles. The number of hydrogen-bond acceptors (Lipinski definition) is 5. The summed E-state index contributed by atoms with van der Waals surface area (Å²) in [7, 11) is 0. The monoisotopic (exact) mass is 421 g/mol. The van der Waals surface area contributed by atoms with Crippen molar-refractivity contribution in [2.45, 2.75) is 65.6 Å². The Hall–Kier alpha value is -2.61. The molecule has 8 nitrogen and oxygen atoms in total. The third kappa shape index (κ3) is 8.41. The maximum absolute atomic E-state index is 13.0. The van der Waals surface area contributed by atoms with E-state index >= 15 is 0 Å². The van der Waals surface area contributed by atoms with Gasteiger partial charge in [-0.15, -0.1) is 0 Å². The summed E-state index contributed by atoms with van der Waals surface area (Å²) in [6, 6.07) is 6.38. The van der Waals surface area contributed by atoms with Crippen LogP contribution in [0.2, 0.25) is 0 Å². The van der Waals surface area contributed by atoms with Gasteiger partial charge in [0.25, 0.3) is 0 Å². The Balaban J connectivity index is 3.11. The second-order valence-corrected chi connectivity index (χ2v) is 8.33. The molecule has 0 aliphatic rings. The standard InChI is InChI=1S/C22H35N3O5/c1-7-16-8-10-17(11-9-16)19(20(28)24-15(2)3)25(12-13-26)18(27)14-23-21(29)30-22(4,5)6/h8-11,15,19,26H,7,12-14H2,1-6H3,(H,23,29)(H,24,28). The number of nitrogens with zero attached hydrogens (tertiary/aromatic N) is 1. The quantitative estimate of drug-likeness (QED) is 0.566. The third-order valence-electron chi connectivity index (χ3n) is 4.14. The topological polar surface area (TPSA) is 108 Å². The first-order valence-corrected chi connectivity index (χ1v) is 10.2. The summed E-state index contributed by atoms with van der Waals surface area (Å²) in [5, 5.41) is 14.8. The van der Waals surface area contributed by atoms with Gasteiger partial charge >= 0.3 is 6.09 Å². The van der Waals surface area contributed by atoms with E-state index in [9.17, 15) is 19.5 Å². The summed E-state index contributed by atoms with van der Waals surface area (Å²) in [6.07, 6.45) is 0.123. The summed E-state index contributed by atoms with van der Waals surface area (Å²) in [4.78, 5) is 39.0. The predicted molar refractivity (Wildman–Crippen MR) is 115 cm³/mol. The molecule has 8 heteroatoms. The van der Waals surface area contributed by atoms with E-state index < -0.39 is 23.6 Å². The van der Waals surface area contributed by atoms with Crippen molar-refractivity contribution in [3.8, 4) is 0 Å². The second kappa shape index (κ2) is 11.5. The van der Waals surface area contributed by atoms with E-state index in [1.807, 2.05) is 45.0 Å². The molecule has 3 N–H and O–H groups in total. The maximum Gasteiger partial charge on any atom is 0.408 e. The van der Waals surface area contributed by atoms with E-state index in [4.69, 9.17) is 4.74 Å². The van der Waals surface area contributed by atoms with E-state index in [2.05, 4.69) is 10.6 Å². The highest BCUT2D eigenvalue weighted by molar-refractivity contribution is 5.90. The Morgan fingerprint density at radius 1 is 1.13 bits per heavy atom. The first kappa shape index (κ1) is 25.4. The molecule has 30 heavy (non-hydrogen) atoms. The molecule has 0 fully saturated rings. The van der Waals surface area contributed by atoms with Gasteiger partial charge in [-0.05, 0) is 52.2 Å². The highest BCUT2D eigenvalue weighted by atomic mass is 16.6. The minimum absolute atomic E-state index is 0.0550. The van der Waals surface area contributed by atoms with E-state index in [0.717, 1.165) is 12.0 Å². The Morgan fingerprint density at radius 3 is 2.20 bits per heavy atom. The van der Waals surface area contributed by atoms with Crippen molar-refractivity contribution in [3.63, 3.8) is 0 Å². The molecule has 168 valence electrons. The predicted octanol–water partition coefficient (Wildman–Crippen LogP) is 2.16. The lowest BCUT2D eigenvalue weighted by Crippen LogP contribution is -2.49. The molecule has 1 atom stereocenters. The average Bonchev–Trinajstić information content (AvgIpc) is 2.64. The molecular weight excluding hydrogens is 386 g/mol. The van der Waals surface area contributed by atoms with Gasteiger partial charge in [0.1, 0.15) is 18.2 Å². The number of aliphatic hydroxyl groups is 1. The number of benzene rings is 1. The molecule has 3 amide bonds. The van der Waals surface area contributed by atoms with Crippen molar-refractivity contribution < 1.29 is 24.2 Å². The lowest BCUT2D eigenvalue weighted by atomic mass is 10.0. The molecule has 0 aliphatic carbocycles. The second-order valence-electron chi connectivity index (χ2n) is 8.33. The number of aliphatic hydroxyl groups excluding tert-OH is 1. The fourth-order valence-corrected chi connectivity index (χ4v) is 2.84. The molecular formula is C22H35N3O5. The van der Waals surface area contributed by atoms with Gasteiger partial charge in [0, 0.05) is 12.6 Å². The molecule has 1 rings (SSSR count). The molecule has 0 bridgehead atoms. The number of amides is 3. The van der Waals surface area contributed by atoms with Gasteiger partial charge in [-0.1, -0.05) is 31.2 Å². The number of carbonyl (C=O) groups is 3. The number of ether oxygens (including phenoxy) is 1. The van der Waals surface area contributed by atoms with Crippen LogP contribution in [0.5, 0.6) is 0 Å². The third-order valence-corrected chi connectivity index (χ3v) is 4.14. The lowest BCUT2D eigenvalue weighted by molar-refractivity contribution is -0.141. The SMILES string of the molecule is CCc1ccc(C(C(=O)NC(C)C)N(CCO)C(=O)CNC(=O)OC(C)(C)C)cc1. The van der Waals surface area contributed by atoms with E-state index in [-0.39, 0.29) is 31.6 Å². The largest absolute Gasteiger partial charge is 0.444 e. The molecule has 0 aromatic heterocycles. The first-order valence-electron chi connectivity index (χ1n) is 10.2. The molecule has 1 unspecified atom stereocenters. The molecule has 0 aliphatic heterocycles. The van der Waals surface area contributed by atoms with Crippen LogP contribution >= 0.6 is 0 Å². The van der Waals surface area contributed by atoms with Gasteiger partial charge in [-0.25, -0.2) is 4.79 Å². The van der Waals surface area contributed by atoms with Crippen LogP contribution in [-0.4, -0.2) is 59.3 Å². The Kier molecular flexibility index (Phi) is 9.78. The number of hydrogen-bond donors (Lipinski definition) is 3. The number of alkyl carbamates (subject to hydrolysis) is 1. The molecule has 0 radical (unpaired) electrons. The normalized spacial score (nSPS) is 12.3. The van der Waals surface area contributed by atoms with Crippen LogP contribution in [0.1, 0.15) is 58.7 Å². The fraction of sp³-hybridized carbons (Fsp3) is 0.591. The minimum Gasteiger partial charge on any atom is -0.444 e. The first-order chi connectivity index (χ1) is 14.0. The molecule has 0 heterocycles. The van der Waals surface area contributed by atoms with Crippen LogP contribution in [0, 0.1) is 0 Å². The summed E-state index contributed by atoms with van der Waals surface area (Å²) in [5.41, 5.74) is 1.04. The Morgan fingerprint density at radius 2 is 1.73 bits per heavy atom. The fourth-order valence-electron chi connectivity index (χ4n) is 2.84. The summed E-state index contributed by atoms with van der Waals surface area (Å²) >= 11 is 0. The minimum atomic E-state index is -0.932. The number of carbonyl (C=O) groups excluding carboxylic acids is 3. The molecule has 0 saturated heterocycles. The maximum atomic E-state index is 13.0. The summed E-state index contributed by atoms with van der Waals surface area (Å²) in [6.45, 7) is 10.1. The van der Waals surface area contributed by atoms with Gasteiger partial charge in [0.2, 0.25) is 11.8 Å². The number of aryl methyl sites for hydroxylation is 1. The van der Waals surface area contributed by atoms with Crippen LogP contribution in [0.4, 0.5) is 4.79 Å². The Labute approximate surface area is 179 Å². The van der Waals surface area contributed by atoms with E-state index in [1.54, 1.807) is 20.8 Å². The van der Waals surface area contributed by atoms with Gasteiger partial charge in [-0.2, -0.15) is 0 Å². The van der Waals surface area contributed by atoms with Crippen LogP contribution in [0.3, 0.4) is 0 Å². The summed E-state index contributed by atoms with van der Waals surface area (Å²) < 4.78 is 5.15. The van der Waals surface area contributed by atoms with Crippen molar-refractivity contribution in [2.24, 2.45) is 0 Å². The number of rotatable bonds is 9. The zero-order chi connectivity index (χ0) is 22.9. The zero-order valence-electron chi connectivity index (χ0n) is 18.8. The van der Waals surface area contributed by atoms with Crippen molar-refractivity contribution in [1.82, 2.24) is 15.5 Å². The Bertz CT molecular complexity index is 710. The van der Waals surface area contributed by atoms with Crippen LogP contribution in [0.15, 0.2) is 24.3 Å². The highest BCUT2D eigenvalue weighted by Crippen LogP contribution is 2.22. The zero-order valence-corrected chi connectivity index (χ0v) is 18.8. The van der Waals surface area contributed by atoms with E-state index in [1.165, 1.54) is 4.90 Å². The highest BCUT2D eigenvalue weighted by Gasteiger charge is 2.31. The van der Waals surface area contributed by atoms with Gasteiger partial charge in [-0.3, -0.25) is 9.59 Å². The molecule has 0 saturated carbocycles. The van der Waals surface area contributed by atoms with E-state index in [0.29, 0.717) is 5.56 Å². The molecule has 0 spiro atoms. The van der Waals surface area contributed by atoms with Crippen molar-refractivity contribution in [1.29, 1.82) is 0 Å². The smallest absolute Gasteiger partial charge is 0.408 e. The van der Waals surface area contributed by atoms with Crippen molar-refractivity contribution in [3.05, 3.63) is 35.4 Å². The van der Waals surface area contributed by atoms with Crippen LogP contribution < -0.4 is 10.6 Å². The lowest BCUT2D eigenvalue weighted by Gasteiger charge is -2.31. The number of nitrogens with one attached hydrogen (secondary N) is 2.